The molecule has 16 heavy (non-hydrogen) atoms. The SMILES string of the molecule is CC(NCCc1cccc(Cl)c1)C(C)(C)C. The molecule has 0 heterocycles. The number of rotatable bonds is 4. The van der Waals surface area contributed by atoms with Gasteiger partial charge in [0, 0.05) is 11.1 Å². The van der Waals surface area contributed by atoms with Crippen LogP contribution in [-0.4, -0.2) is 12.6 Å². The van der Waals surface area contributed by atoms with Crippen LogP contribution in [0.4, 0.5) is 0 Å². The van der Waals surface area contributed by atoms with Gasteiger partial charge in [-0.1, -0.05) is 44.5 Å². The maximum absolute atomic E-state index is 5.94. The second-order valence-corrected chi connectivity index (χ2v) is 5.86. The fourth-order valence-electron chi connectivity index (χ4n) is 1.43. The summed E-state index contributed by atoms with van der Waals surface area (Å²) in [5, 5.41) is 4.37. The fraction of sp³-hybridized carbons (Fsp3) is 0.571. The first-order valence-corrected chi connectivity index (χ1v) is 6.25. The minimum atomic E-state index is 0.314. The Morgan fingerprint density at radius 2 is 2.00 bits per heavy atom. The van der Waals surface area contributed by atoms with E-state index in [1.165, 1.54) is 5.56 Å². The van der Waals surface area contributed by atoms with Gasteiger partial charge in [0.05, 0.1) is 0 Å². The lowest BCUT2D eigenvalue weighted by atomic mass is 9.88. The zero-order valence-electron chi connectivity index (χ0n) is 10.7. The van der Waals surface area contributed by atoms with Crippen molar-refractivity contribution >= 4 is 11.6 Å². The molecule has 90 valence electrons. The Morgan fingerprint density at radius 3 is 2.56 bits per heavy atom. The van der Waals surface area contributed by atoms with Crippen LogP contribution in [0.3, 0.4) is 0 Å². The van der Waals surface area contributed by atoms with Crippen LogP contribution in [-0.2, 0) is 6.42 Å². The van der Waals surface area contributed by atoms with Gasteiger partial charge in [0.15, 0.2) is 0 Å². The number of hydrogen-bond acceptors (Lipinski definition) is 1. The number of halogens is 1. The molecule has 0 aromatic heterocycles. The minimum absolute atomic E-state index is 0.314. The van der Waals surface area contributed by atoms with Gasteiger partial charge in [0.25, 0.3) is 0 Å². The second-order valence-electron chi connectivity index (χ2n) is 5.42. The molecule has 1 aromatic carbocycles. The summed E-state index contributed by atoms with van der Waals surface area (Å²) in [4.78, 5) is 0. The van der Waals surface area contributed by atoms with Crippen molar-refractivity contribution in [1.82, 2.24) is 5.32 Å². The molecule has 0 spiro atoms. The summed E-state index contributed by atoms with van der Waals surface area (Å²) >= 11 is 5.94. The van der Waals surface area contributed by atoms with Crippen LogP contribution in [0.15, 0.2) is 24.3 Å². The van der Waals surface area contributed by atoms with Crippen molar-refractivity contribution in [3.05, 3.63) is 34.9 Å². The van der Waals surface area contributed by atoms with E-state index in [1.54, 1.807) is 0 Å². The van der Waals surface area contributed by atoms with Gasteiger partial charge in [-0.3, -0.25) is 0 Å². The predicted molar refractivity (Wildman–Crippen MR) is 72.1 cm³/mol. The Morgan fingerprint density at radius 1 is 1.31 bits per heavy atom. The summed E-state index contributed by atoms with van der Waals surface area (Å²) < 4.78 is 0. The van der Waals surface area contributed by atoms with Gasteiger partial charge in [-0.15, -0.1) is 0 Å². The maximum atomic E-state index is 5.94. The van der Waals surface area contributed by atoms with Crippen molar-refractivity contribution in [3.63, 3.8) is 0 Å². The smallest absolute Gasteiger partial charge is 0.0408 e. The highest BCUT2D eigenvalue weighted by atomic mass is 35.5. The van der Waals surface area contributed by atoms with Gasteiger partial charge in [0.2, 0.25) is 0 Å². The molecule has 0 radical (unpaired) electrons. The van der Waals surface area contributed by atoms with E-state index in [9.17, 15) is 0 Å². The minimum Gasteiger partial charge on any atom is -0.313 e. The molecule has 0 fully saturated rings. The predicted octanol–water partition coefficient (Wildman–Crippen LogP) is 3.91. The Kier molecular flexibility index (Phi) is 4.82. The molecule has 0 bridgehead atoms. The van der Waals surface area contributed by atoms with Crippen LogP contribution >= 0.6 is 11.6 Å². The molecule has 0 aliphatic rings. The first kappa shape index (κ1) is 13.5. The third-order valence-electron chi connectivity index (χ3n) is 3.05. The lowest BCUT2D eigenvalue weighted by Gasteiger charge is -2.28. The summed E-state index contributed by atoms with van der Waals surface area (Å²) in [6, 6.07) is 8.59. The van der Waals surface area contributed by atoms with Crippen molar-refractivity contribution in [2.45, 2.75) is 40.2 Å². The number of benzene rings is 1. The molecular formula is C14H22ClN. The van der Waals surface area contributed by atoms with Crippen molar-refractivity contribution in [1.29, 1.82) is 0 Å². The molecule has 1 rings (SSSR count). The Bertz CT molecular complexity index is 328. The van der Waals surface area contributed by atoms with Crippen LogP contribution < -0.4 is 5.32 Å². The fourth-order valence-corrected chi connectivity index (χ4v) is 1.64. The molecule has 2 heteroatoms. The molecule has 0 aliphatic carbocycles. The third kappa shape index (κ3) is 4.54. The van der Waals surface area contributed by atoms with Crippen molar-refractivity contribution < 1.29 is 0 Å². The number of nitrogens with one attached hydrogen (secondary N) is 1. The van der Waals surface area contributed by atoms with E-state index in [-0.39, 0.29) is 0 Å². The summed E-state index contributed by atoms with van der Waals surface area (Å²) in [7, 11) is 0. The van der Waals surface area contributed by atoms with E-state index >= 15 is 0 Å². The van der Waals surface area contributed by atoms with Gasteiger partial charge in [-0.05, 0) is 43.0 Å². The maximum Gasteiger partial charge on any atom is 0.0408 e. The van der Waals surface area contributed by atoms with Crippen LogP contribution in [0.25, 0.3) is 0 Å². The van der Waals surface area contributed by atoms with Gasteiger partial charge < -0.3 is 5.32 Å². The van der Waals surface area contributed by atoms with E-state index in [1.807, 2.05) is 18.2 Å². The highest BCUT2D eigenvalue weighted by Crippen LogP contribution is 2.18. The Labute approximate surface area is 104 Å². The lowest BCUT2D eigenvalue weighted by molar-refractivity contribution is 0.288. The van der Waals surface area contributed by atoms with Gasteiger partial charge in [0.1, 0.15) is 0 Å². The van der Waals surface area contributed by atoms with Crippen LogP contribution in [0.1, 0.15) is 33.3 Å². The Hall–Kier alpha value is -0.530. The molecule has 0 saturated carbocycles. The monoisotopic (exact) mass is 239 g/mol. The highest BCUT2D eigenvalue weighted by molar-refractivity contribution is 6.30. The molecule has 1 aromatic rings. The largest absolute Gasteiger partial charge is 0.313 e. The van der Waals surface area contributed by atoms with E-state index in [0.29, 0.717) is 11.5 Å². The van der Waals surface area contributed by atoms with E-state index in [2.05, 4.69) is 39.1 Å². The molecule has 0 aliphatic heterocycles. The molecule has 1 unspecified atom stereocenters. The first-order chi connectivity index (χ1) is 7.39. The standard InChI is InChI=1S/C14H22ClN/c1-11(14(2,3)4)16-9-8-12-6-5-7-13(15)10-12/h5-7,10-11,16H,8-9H2,1-4H3. The average molecular weight is 240 g/mol. The van der Waals surface area contributed by atoms with Crippen LogP contribution in [0, 0.1) is 5.41 Å². The molecule has 0 amide bonds. The zero-order chi connectivity index (χ0) is 12.2. The molecule has 1 nitrogen and oxygen atoms in total. The number of hydrogen-bond donors (Lipinski definition) is 1. The molecular weight excluding hydrogens is 218 g/mol. The second kappa shape index (κ2) is 5.70. The van der Waals surface area contributed by atoms with Crippen LogP contribution in [0.5, 0.6) is 0 Å². The third-order valence-corrected chi connectivity index (χ3v) is 3.29. The van der Waals surface area contributed by atoms with E-state index < -0.39 is 0 Å². The lowest BCUT2D eigenvalue weighted by Crippen LogP contribution is -2.38. The quantitative estimate of drug-likeness (QED) is 0.840. The average Bonchev–Trinajstić information content (AvgIpc) is 2.16. The first-order valence-electron chi connectivity index (χ1n) is 5.87. The zero-order valence-corrected chi connectivity index (χ0v) is 11.4. The van der Waals surface area contributed by atoms with E-state index in [4.69, 9.17) is 11.6 Å². The molecule has 0 saturated heterocycles. The van der Waals surface area contributed by atoms with Crippen molar-refractivity contribution in [2.75, 3.05) is 6.54 Å². The normalized spacial score (nSPS) is 13.8. The molecule has 1 atom stereocenters. The van der Waals surface area contributed by atoms with E-state index in [0.717, 1.165) is 18.0 Å². The van der Waals surface area contributed by atoms with Crippen molar-refractivity contribution in [3.8, 4) is 0 Å². The molecule has 1 N–H and O–H groups in total. The topological polar surface area (TPSA) is 12.0 Å². The highest BCUT2D eigenvalue weighted by Gasteiger charge is 2.18. The van der Waals surface area contributed by atoms with Crippen LogP contribution in [0.2, 0.25) is 5.02 Å². The summed E-state index contributed by atoms with van der Waals surface area (Å²) in [6.07, 6.45) is 1.03. The summed E-state index contributed by atoms with van der Waals surface area (Å²) in [5.74, 6) is 0. The summed E-state index contributed by atoms with van der Waals surface area (Å²) in [6.45, 7) is 9.99. The van der Waals surface area contributed by atoms with Crippen molar-refractivity contribution in [2.24, 2.45) is 5.41 Å². The van der Waals surface area contributed by atoms with Gasteiger partial charge in [-0.25, -0.2) is 0 Å². The van der Waals surface area contributed by atoms with Gasteiger partial charge >= 0.3 is 0 Å². The Balaban J connectivity index is 2.36. The summed E-state index contributed by atoms with van der Waals surface area (Å²) in [5.41, 5.74) is 1.61. The van der Waals surface area contributed by atoms with Gasteiger partial charge in [-0.2, -0.15) is 0 Å².